The van der Waals surface area contributed by atoms with Crippen molar-refractivity contribution in [3.63, 3.8) is 0 Å². The van der Waals surface area contributed by atoms with Gasteiger partial charge >= 0.3 is 6.03 Å². The molecule has 0 aliphatic heterocycles. The van der Waals surface area contributed by atoms with Crippen LogP contribution in [-0.4, -0.2) is 44.9 Å². The molecule has 2 amide bonds. The lowest BCUT2D eigenvalue weighted by Crippen LogP contribution is -2.35. The molecule has 0 bridgehead atoms. The molecule has 0 aliphatic carbocycles. The van der Waals surface area contributed by atoms with E-state index in [1.54, 1.807) is 25.3 Å². The zero-order valence-electron chi connectivity index (χ0n) is 16.6. The van der Waals surface area contributed by atoms with Crippen LogP contribution in [0.15, 0.2) is 29.2 Å². The molecule has 0 spiro atoms. The number of hydrogen-bond donors (Lipinski definition) is 3. The van der Waals surface area contributed by atoms with Gasteiger partial charge in [-0.05, 0) is 24.1 Å². The lowest BCUT2D eigenvalue weighted by molar-refractivity contribution is -0.246. The number of hydroxylamine groups is 1. The van der Waals surface area contributed by atoms with E-state index in [2.05, 4.69) is 30.1 Å². The number of nitrogens with zero attached hydrogens (tertiary/aromatic N) is 2. The molecule has 12 nitrogen and oxygen atoms in total. The first kappa shape index (κ1) is 23.6. The standard InChI is InChI=1S/C16H21N5O7S2/c1-10-5-6-11(9-17-27-28-29-4)7-12(10)30(23,24)21-16(22)20-15-18-13(25-2)8-14(19-15)26-3/h5-8,17H,9H2,1-4H3,(H2,18,19,20,21,22). The number of amides is 2. The number of hydrogen-bond acceptors (Lipinski definition) is 11. The predicted octanol–water partition coefficient (Wildman–Crippen LogP) is 1.54. The molecule has 2 aromatic rings. The first-order valence-electron chi connectivity index (χ1n) is 8.28. The Labute approximate surface area is 177 Å². The van der Waals surface area contributed by atoms with Crippen molar-refractivity contribution in [2.75, 3.05) is 25.8 Å². The van der Waals surface area contributed by atoms with Gasteiger partial charge < -0.3 is 9.47 Å². The molecule has 2 rings (SSSR count). The Hall–Kier alpha value is -2.65. The van der Waals surface area contributed by atoms with Crippen molar-refractivity contribution in [3.05, 3.63) is 35.4 Å². The zero-order chi connectivity index (χ0) is 22.1. The van der Waals surface area contributed by atoms with Gasteiger partial charge in [0.1, 0.15) is 0 Å². The molecule has 0 radical (unpaired) electrons. The van der Waals surface area contributed by atoms with Crippen molar-refractivity contribution in [1.29, 1.82) is 0 Å². The third kappa shape index (κ3) is 6.70. The molecule has 0 aliphatic rings. The van der Waals surface area contributed by atoms with Crippen LogP contribution in [0.2, 0.25) is 0 Å². The van der Waals surface area contributed by atoms with Crippen LogP contribution < -0.4 is 25.0 Å². The summed E-state index contributed by atoms with van der Waals surface area (Å²) in [6.45, 7) is 1.78. The Morgan fingerprint density at radius 3 is 2.40 bits per heavy atom. The molecule has 0 saturated heterocycles. The van der Waals surface area contributed by atoms with E-state index in [1.807, 2.05) is 4.72 Å². The van der Waals surface area contributed by atoms with Crippen LogP contribution in [0, 0.1) is 6.92 Å². The number of carbonyl (C=O) groups is 1. The van der Waals surface area contributed by atoms with E-state index >= 15 is 0 Å². The fourth-order valence-electron chi connectivity index (χ4n) is 2.19. The summed E-state index contributed by atoms with van der Waals surface area (Å²) in [6.07, 6.45) is 1.67. The maximum absolute atomic E-state index is 12.7. The number of aromatic nitrogens is 2. The molecule has 14 heteroatoms. The summed E-state index contributed by atoms with van der Waals surface area (Å²) < 4.78 is 41.9. The highest BCUT2D eigenvalue weighted by molar-refractivity contribution is 7.93. The summed E-state index contributed by atoms with van der Waals surface area (Å²) in [4.78, 5) is 24.6. The lowest BCUT2D eigenvalue weighted by Gasteiger charge is -2.12. The third-order valence-corrected chi connectivity index (χ3v) is 5.21. The number of anilines is 1. The second-order valence-electron chi connectivity index (χ2n) is 5.57. The van der Waals surface area contributed by atoms with Crippen molar-refractivity contribution >= 4 is 34.0 Å². The Balaban J connectivity index is 2.13. The highest BCUT2D eigenvalue weighted by Crippen LogP contribution is 2.19. The molecule has 0 saturated carbocycles. The Morgan fingerprint density at radius 1 is 1.13 bits per heavy atom. The number of sulfonamides is 1. The summed E-state index contributed by atoms with van der Waals surface area (Å²) in [5.74, 6) is 0.0620. The minimum Gasteiger partial charge on any atom is -0.481 e. The van der Waals surface area contributed by atoms with Crippen molar-refractivity contribution in [2.24, 2.45) is 0 Å². The van der Waals surface area contributed by atoms with Crippen molar-refractivity contribution in [2.45, 2.75) is 18.4 Å². The zero-order valence-corrected chi connectivity index (χ0v) is 18.2. The topological polar surface area (TPSA) is 150 Å². The molecule has 3 N–H and O–H groups in total. The number of rotatable bonds is 10. The fourth-order valence-corrected chi connectivity index (χ4v) is 3.51. The summed E-state index contributed by atoms with van der Waals surface area (Å²) in [7, 11) is -1.44. The van der Waals surface area contributed by atoms with Gasteiger partial charge in [-0.15, -0.1) is 9.32 Å². The maximum Gasteiger partial charge on any atom is 0.335 e. The van der Waals surface area contributed by atoms with E-state index in [0.717, 1.165) is 12.0 Å². The first-order valence-corrected chi connectivity index (χ1v) is 10.9. The molecular weight excluding hydrogens is 438 g/mol. The van der Waals surface area contributed by atoms with E-state index in [9.17, 15) is 13.2 Å². The van der Waals surface area contributed by atoms with Crippen LogP contribution in [0.5, 0.6) is 11.8 Å². The van der Waals surface area contributed by atoms with Gasteiger partial charge in [-0.25, -0.2) is 17.9 Å². The number of aryl methyl sites for hydroxylation is 1. The molecular formula is C16H21N5O7S2. The quantitative estimate of drug-likeness (QED) is 0.205. The van der Waals surface area contributed by atoms with E-state index in [1.165, 1.54) is 26.4 Å². The molecule has 1 aromatic carbocycles. The van der Waals surface area contributed by atoms with Crippen molar-refractivity contribution < 1.29 is 32.0 Å². The summed E-state index contributed by atoms with van der Waals surface area (Å²) in [5.41, 5.74) is 3.55. The van der Waals surface area contributed by atoms with Crippen LogP contribution in [-0.2, 0) is 25.9 Å². The number of methoxy groups -OCH3 is 2. The second-order valence-corrected chi connectivity index (χ2v) is 7.70. The van der Waals surface area contributed by atoms with Crippen LogP contribution >= 0.6 is 12.0 Å². The first-order chi connectivity index (χ1) is 14.3. The van der Waals surface area contributed by atoms with Crippen LogP contribution in [0.25, 0.3) is 0 Å². The fraction of sp³-hybridized carbons (Fsp3) is 0.312. The van der Waals surface area contributed by atoms with E-state index in [-0.39, 0.29) is 29.1 Å². The lowest BCUT2D eigenvalue weighted by atomic mass is 10.1. The van der Waals surface area contributed by atoms with Crippen LogP contribution in [0.1, 0.15) is 11.1 Å². The number of carbonyl (C=O) groups excluding carboxylic acids is 1. The van der Waals surface area contributed by atoms with Crippen LogP contribution in [0.3, 0.4) is 0 Å². The molecule has 0 atom stereocenters. The molecule has 30 heavy (non-hydrogen) atoms. The summed E-state index contributed by atoms with van der Waals surface area (Å²) in [6, 6.07) is 5.07. The van der Waals surface area contributed by atoms with Gasteiger partial charge in [0.25, 0.3) is 10.0 Å². The van der Waals surface area contributed by atoms with Crippen molar-refractivity contribution in [3.8, 4) is 11.8 Å². The molecule has 164 valence electrons. The molecule has 0 fully saturated rings. The highest BCUT2D eigenvalue weighted by Gasteiger charge is 2.21. The van der Waals surface area contributed by atoms with Gasteiger partial charge in [0.05, 0.1) is 25.2 Å². The summed E-state index contributed by atoms with van der Waals surface area (Å²) >= 11 is 0.998. The van der Waals surface area contributed by atoms with E-state index < -0.39 is 16.1 Å². The minimum absolute atomic E-state index is 0.0770. The summed E-state index contributed by atoms with van der Waals surface area (Å²) in [5, 5.41) is 2.24. The van der Waals surface area contributed by atoms with Gasteiger partial charge in [0.2, 0.25) is 17.7 Å². The monoisotopic (exact) mass is 459 g/mol. The van der Waals surface area contributed by atoms with Gasteiger partial charge in [-0.2, -0.15) is 15.4 Å². The smallest absolute Gasteiger partial charge is 0.335 e. The highest BCUT2D eigenvalue weighted by atomic mass is 32.2. The second kappa shape index (κ2) is 10.9. The van der Waals surface area contributed by atoms with E-state index in [4.69, 9.17) is 9.47 Å². The Morgan fingerprint density at radius 2 is 1.80 bits per heavy atom. The number of nitrogens with one attached hydrogen (secondary N) is 3. The predicted molar refractivity (Wildman–Crippen MR) is 108 cm³/mol. The van der Waals surface area contributed by atoms with Crippen LogP contribution in [0.4, 0.5) is 10.7 Å². The van der Waals surface area contributed by atoms with Gasteiger partial charge in [-0.3, -0.25) is 5.32 Å². The van der Waals surface area contributed by atoms with Gasteiger partial charge in [0, 0.05) is 24.8 Å². The van der Waals surface area contributed by atoms with E-state index in [0.29, 0.717) is 11.1 Å². The number of ether oxygens (including phenoxy) is 2. The largest absolute Gasteiger partial charge is 0.481 e. The van der Waals surface area contributed by atoms with Gasteiger partial charge in [0.15, 0.2) is 0 Å². The Bertz CT molecular complexity index is 966. The molecule has 1 heterocycles. The van der Waals surface area contributed by atoms with Gasteiger partial charge in [-0.1, -0.05) is 12.1 Å². The van der Waals surface area contributed by atoms with Crippen molar-refractivity contribution in [1.82, 2.24) is 20.2 Å². The maximum atomic E-state index is 12.7. The average molecular weight is 460 g/mol. The number of benzene rings is 1. The number of urea groups is 1. The molecule has 0 unspecified atom stereocenters. The SMILES string of the molecule is COc1cc(OC)nc(NC(=O)NS(=O)(=O)c2cc(CNOOSC)ccc2C)n1. The Kier molecular flexibility index (Phi) is 8.61. The average Bonchev–Trinajstić information content (AvgIpc) is 2.71. The molecule has 1 aromatic heterocycles. The minimum atomic E-state index is -4.18. The normalized spacial score (nSPS) is 11.1. The third-order valence-electron chi connectivity index (χ3n) is 3.53.